The van der Waals surface area contributed by atoms with E-state index in [2.05, 4.69) is 11.6 Å². The van der Waals surface area contributed by atoms with Gasteiger partial charge in [0.25, 0.3) is 0 Å². The van der Waals surface area contributed by atoms with Gasteiger partial charge in [0.1, 0.15) is 0 Å². The maximum atomic E-state index is 3.75. The highest BCUT2D eigenvalue weighted by molar-refractivity contribution is 5.71. The zero-order chi connectivity index (χ0) is 6.41. The van der Waals surface area contributed by atoms with Crippen molar-refractivity contribution in [3.8, 4) is 0 Å². The van der Waals surface area contributed by atoms with Crippen LogP contribution >= 0.6 is 0 Å². The van der Waals surface area contributed by atoms with E-state index in [4.69, 9.17) is 0 Å². The second-order valence-corrected chi connectivity index (χ2v) is 1.61. The fourth-order valence-corrected chi connectivity index (χ4v) is 0.293. The largest absolute Gasteiger partial charge is 0.297 e. The molecule has 1 heteroatoms. The minimum absolute atomic E-state index is 1.05. The van der Waals surface area contributed by atoms with Crippen molar-refractivity contribution in [2.75, 3.05) is 7.05 Å². The Balaban J connectivity index is 3.50. The number of hydrogen-bond acceptors (Lipinski definition) is 1. The maximum Gasteiger partial charge on any atom is 0.0277 e. The Morgan fingerprint density at radius 1 is 1.62 bits per heavy atom. The van der Waals surface area contributed by atoms with E-state index in [-0.39, 0.29) is 0 Å². The van der Waals surface area contributed by atoms with Crippen molar-refractivity contribution < 1.29 is 0 Å². The van der Waals surface area contributed by atoms with Crippen molar-refractivity contribution in [3.63, 3.8) is 0 Å². The molecule has 0 saturated carbocycles. The molecule has 0 aromatic carbocycles. The molecule has 0 aliphatic rings. The second kappa shape index (κ2) is 4.31. The van der Waals surface area contributed by atoms with Crippen LogP contribution in [0.3, 0.4) is 0 Å². The van der Waals surface area contributed by atoms with Crippen LogP contribution in [0.2, 0.25) is 0 Å². The van der Waals surface area contributed by atoms with Crippen molar-refractivity contribution in [3.05, 3.63) is 24.3 Å². The first-order valence-electron chi connectivity index (χ1n) is 2.51. The molecule has 8 heavy (non-hydrogen) atoms. The predicted molar refractivity (Wildman–Crippen MR) is 38.4 cm³/mol. The fraction of sp³-hybridized carbons (Fsp3) is 0.286. The Morgan fingerprint density at radius 2 is 2.25 bits per heavy atom. The van der Waals surface area contributed by atoms with E-state index < -0.39 is 0 Å². The zero-order valence-corrected chi connectivity index (χ0v) is 5.39. The van der Waals surface area contributed by atoms with Crippen LogP contribution < -0.4 is 0 Å². The first-order valence-corrected chi connectivity index (χ1v) is 2.51. The van der Waals surface area contributed by atoms with Crippen LogP contribution in [0.15, 0.2) is 29.3 Å². The van der Waals surface area contributed by atoms with Crippen LogP contribution in [0.1, 0.15) is 6.92 Å². The quantitative estimate of drug-likeness (QED) is 0.379. The first kappa shape index (κ1) is 7.15. The standard InChI is InChI=1S/C7H11N/c1-7(2)5-4-6-8-3/h4-6H,1H2,2-3H3/b5-4-,8-6?. The average Bonchev–Trinajstić information content (AvgIpc) is 1.66. The lowest BCUT2D eigenvalue weighted by Crippen LogP contribution is -1.63. The molecule has 0 rings (SSSR count). The molecule has 0 spiro atoms. The van der Waals surface area contributed by atoms with Crippen molar-refractivity contribution in [2.24, 2.45) is 4.99 Å². The van der Waals surface area contributed by atoms with Crippen molar-refractivity contribution >= 4 is 6.21 Å². The van der Waals surface area contributed by atoms with Crippen LogP contribution in [0.4, 0.5) is 0 Å². The number of nitrogens with zero attached hydrogens (tertiary/aromatic N) is 1. The molecule has 1 nitrogen and oxygen atoms in total. The third kappa shape index (κ3) is 5.15. The first-order chi connectivity index (χ1) is 3.77. The summed E-state index contributed by atoms with van der Waals surface area (Å²) in [4.78, 5) is 3.75. The van der Waals surface area contributed by atoms with Crippen molar-refractivity contribution in [1.82, 2.24) is 0 Å². The smallest absolute Gasteiger partial charge is 0.0277 e. The predicted octanol–water partition coefficient (Wildman–Crippen LogP) is 1.82. The summed E-state index contributed by atoms with van der Waals surface area (Å²) in [6.45, 7) is 5.62. The van der Waals surface area contributed by atoms with Crippen LogP contribution in [0.5, 0.6) is 0 Å². The van der Waals surface area contributed by atoms with Gasteiger partial charge in [-0.2, -0.15) is 0 Å². The molecule has 0 N–H and O–H groups in total. The van der Waals surface area contributed by atoms with E-state index in [1.807, 2.05) is 19.1 Å². The lowest BCUT2D eigenvalue weighted by Gasteiger charge is -1.78. The van der Waals surface area contributed by atoms with Gasteiger partial charge in [-0.1, -0.05) is 18.2 Å². The van der Waals surface area contributed by atoms with Crippen molar-refractivity contribution in [2.45, 2.75) is 6.92 Å². The van der Waals surface area contributed by atoms with Crippen molar-refractivity contribution in [1.29, 1.82) is 0 Å². The van der Waals surface area contributed by atoms with Crippen LogP contribution in [0.25, 0.3) is 0 Å². The summed E-state index contributed by atoms with van der Waals surface area (Å²) in [5.41, 5.74) is 1.05. The van der Waals surface area contributed by atoms with Gasteiger partial charge in [-0.3, -0.25) is 4.99 Å². The number of aliphatic imine (C=N–C) groups is 1. The maximum absolute atomic E-state index is 3.75. The summed E-state index contributed by atoms with van der Waals surface area (Å²) in [5.74, 6) is 0. The Hall–Kier alpha value is -0.850. The van der Waals surface area contributed by atoms with Crippen LogP contribution in [-0.2, 0) is 0 Å². The van der Waals surface area contributed by atoms with E-state index >= 15 is 0 Å². The van der Waals surface area contributed by atoms with Crippen LogP contribution in [0, 0.1) is 0 Å². The van der Waals surface area contributed by atoms with Gasteiger partial charge in [-0.25, -0.2) is 0 Å². The molecule has 0 aliphatic heterocycles. The summed E-state index contributed by atoms with van der Waals surface area (Å²) >= 11 is 0. The molecule has 0 aromatic heterocycles. The minimum atomic E-state index is 1.05. The highest BCUT2D eigenvalue weighted by Gasteiger charge is 1.67. The normalized spacial score (nSPS) is 11.2. The van der Waals surface area contributed by atoms with E-state index in [0.29, 0.717) is 0 Å². The summed E-state index contributed by atoms with van der Waals surface area (Å²) < 4.78 is 0. The molecule has 0 fully saturated rings. The lowest BCUT2D eigenvalue weighted by molar-refractivity contribution is 1.47. The van der Waals surface area contributed by atoms with Gasteiger partial charge in [0, 0.05) is 13.3 Å². The second-order valence-electron chi connectivity index (χ2n) is 1.61. The van der Waals surface area contributed by atoms with Gasteiger partial charge < -0.3 is 0 Å². The molecule has 0 radical (unpaired) electrons. The molecule has 0 atom stereocenters. The van der Waals surface area contributed by atoms with Gasteiger partial charge in [0.15, 0.2) is 0 Å². The molecular weight excluding hydrogens is 98.1 g/mol. The molecule has 0 heterocycles. The van der Waals surface area contributed by atoms with E-state index in [9.17, 15) is 0 Å². The molecule has 44 valence electrons. The number of hydrogen-bond donors (Lipinski definition) is 0. The van der Waals surface area contributed by atoms with Crippen LogP contribution in [-0.4, -0.2) is 13.3 Å². The molecule has 0 aliphatic carbocycles. The van der Waals surface area contributed by atoms with E-state index in [0.717, 1.165) is 5.57 Å². The lowest BCUT2D eigenvalue weighted by atomic mass is 10.3. The summed E-state index contributed by atoms with van der Waals surface area (Å²) in [6, 6.07) is 0. The Morgan fingerprint density at radius 3 is 2.62 bits per heavy atom. The highest BCUT2D eigenvalue weighted by atomic mass is 14.6. The highest BCUT2D eigenvalue weighted by Crippen LogP contribution is 1.85. The average molecular weight is 109 g/mol. The molecule has 0 amide bonds. The van der Waals surface area contributed by atoms with E-state index in [1.165, 1.54) is 0 Å². The third-order valence-electron chi connectivity index (χ3n) is 0.616. The third-order valence-corrected chi connectivity index (χ3v) is 0.616. The molecule has 0 unspecified atom stereocenters. The minimum Gasteiger partial charge on any atom is -0.297 e. The Labute approximate surface area is 50.4 Å². The molecule has 0 bridgehead atoms. The monoisotopic (exact) mass is 109 g/mol. The zero-order valence-electron chi connectivity index (χ0n) is 5.39. The fourth-order valence-electron chi connectivity index (χ4n) is 0.293. The Bertz CT molecular complexity index is 120. The van der Waals surface area contributed by atoms with E-state index in [1.54, 1.807) is 13.3 Å². The number of allylic oxidation sites excluding steroid dienone is 3. The van der Waals surface area contributed by atoms with Gasteiger partial charge in [-0.15, -0.1) is 0 Å². The van der Waals surface area contributed by atoms with Gasteiger partial charge >= 0.3 is 0 Å². The van der Waals surface area contributed by atoms with Gasteiger partial charge in [0.2, 0.25) is 0 Å². The summed E-state index contributed by atoms with van der Waals surface area (Å²) in [6.07, 6.45) is 5.50. The SMILES string of the molecule is C=C(C)/C=C\C=NC. The molecule has 0 aromatic rings. The topological polar surface area (TPSA) is 12.4 Å². The number of rotatable bonds is 2. The molecular formula is C7H11N. The molecule has 0 saturated heterocycles. The Kier molecular flexibility index (Phi) is 3.85. The summed E-state index contributed by atoms with van der Waals surface area (Å²) in [5, 5.41) is 0. The summed E-state index contributed by atoms with van der Waals surface area (Å²) in [7, 11) is 1.74. The van der Waals surface area contributed by atoms with Gasteiger partial charge in [0.05, 0.1) is 0 Å². The van der Waals surface area contributed by atoms with Gasteiger partial charge in [-0.05, 0) is 13.0 Å².